The Bertz CT molecular complexity index is 1060. The lowest BCUT2D eigenvalue weighted by Crippen LogP contribution is -2.33. The second-order valence-electron chi connectivity index (χ2n) is 9.27. The summed E-state index contributed by atoms with van der Waals surface area (Å²) in [6.07, 6.45) is -0.322. The van der Waals surface area contributed by atoms with Crippen LogP contribution in [0.3, 0.4) is 0 Å². The molecule has 0 radical (unpaired) electrons. The topological polar surface area (TPSA) is 114 Å². The molecule has 0 spiro atoms. The molecule has 0 aromatic heterocycles. The van der Waals surface area contributed by atoms with Crippen molar-refractivity contribution >= 4 is 23.6 Å². The number of amides is 3. The Hall–Kier alpha value is -3.46. The predicted octanol–water partition coefficient (Wildman–Crippen LogP) is 3.19. The van der Waals surface area contributed by atoms with Crippen molar-refractivity contribution in [3.05, 3.63) is 53.8 Å². The van der Waals surface area contributed by atoms with Crippen molar-refractivity contribution in [2.75, 3.05) is 24.5 Å². The number of rotatable bonds is 11. The van der Waals surface area contributed by atoms with Gasteiger partial charge in [0.25, 0.3) is 0 Å². The number of hydrogen-bond acceptors (Lipinski definition) is 5. The second-order valence-corrected chi connectivity index (χ2v) is 9.27. The maximum absolute atomic E-state index is 14.9. The van der Waals surface area contributed by atoms with Crippen molar-refractivity contribution in [1.29, 1.82) is 0 Å². The van der Waals surface area contributed by atoms with E-state index < -0.39 is 18.0 Å². The van der Waals surface area contributed by atoms with E-state index >= 15 is 0 Å². The first-order valence-electron chi connectivity index (χ1n) is 11.8. The van der Waals surface area contributed by atoms with Crippen LogP contribution >= 0.6 is 0 Å². The zero-order chi connectivity index (χ0) is 25.5. The first-order chi connectivity index (χ1) is 16.6. The van der Waals surface area contributed by atoms with Crippen molar-refractivity contribution in [3.63, 3.8) is 0 Å². The van der Waals surface area contributed by atoms with E-state index in [1.807, 2.05) is 24.3 Å². The average molecular weight is 485 g/mol. The minimum Gasteiger partial charge on any atom is -0.442 e. The van der Waals surface area contributed by atoms with Crippen LogP contribution in [0.25, 0.3) is 11.1 Å². The molecule has 1 aliphatic rings. The van der Waals surface area contributed by atoms with E-state index in [1.165, 1.54) is 17.9 Å². The molecule has 1 saturated heterocycles. The van der Waals surface area contributed by atoms with Gasteiger partial charge in [0.15, 0.2) is 0 Å². The zero-order valence-electron chi connectivity index (χ0n) is 20.3. The number of hydrogen-bond donors (Lipinski definition) is 3. The molecule has 0 aliphatic carbocycles. The average Bonchev–Trinajstić information content (AvgIpc) is 3.17. The summed E-state index contributed by atoms with van der Waals surface area (Å²) in [7, 11) is 0. The maximum Gasteiger partial charge on any atom is 0.414 e. The number of halogens is 1. The summed E-state index contributed by atoms with van der Waals surface area (Å²) in [5.74, 6) is -0.792. The van der Waals surface area contributed by atoms with Crippen LogP contribution in [-0.4, -0.2) is 43.6 Å². The molecule has 1 heterocycles. The van der Waals surface area contributed by atoms with E-state index in [2.05, 4.69) is 24.5 Å². The quantitative estimate of drug-likeness (QED) is 0.453. The summed E-state index contributed by atoms with van der Waals surface area (Å²) in [5, 5.41) is 5.89. The number of carbonyl (C=O) groups is 3. The number of anilines is 1. The standard InChI is InChI=1S/C26H33FN4O4/c1-16(2)10-20(25(28)33)13-29-12-18-4-6-19(7-5-18)23-9-8-21(11-24(23)27)31-15-22(35-26(31)34)14-30-17(3)32/h4-9,11,16,20,22,29H,10,12-15H2,1-3H3,(H2,28,33)(H,30,32)/t20-,22-/m0/s1. The zero-order valence-corrected chi connectivity index (χ0v) is 20.3. The molecule has 0 saturated carbocycles. The van der Waals surface area contributed by atoms with Gasteiger partial charge in [0, 0.05) is 25.6 Å². The Morgan fingerprint density at radius 2 is 1.91 bits per heavy atom. The Balaban J connectivity index is 1.60. The van der Waals surface area contributed by atoms with Gasteiger partial charge in [0.1, 0.15) is 11.9 Å². The lowest BCUT2D eigenvalue weighted by Gasteiger charge is -2.16. The van der Waals surface area contributed by atoms with Crippen LogP contribution in [0.5, 0.6) is 0 Å². The van der Waals surface area contributed by atoms with Crippen molar-refractivity contribution in [3.8, 4) is 11.1 Å². The summed E-state index contributed by atoms with van der Waals surface area (Å²) in [5.41, 5.74) is 8.02. The van der Waals surface area contributed by atoms with Crippen LogP contribution in [-0.2, 0) is 20.9 Å². The molecule has 0 unspecified atom stereocenters. The van der Waals surface area contributed by atoms with Crippen LogP contribution < -0.4 is 21.3 Å². The first kappa shape index (κ1) is 26.2. The van der Waals surface area contributed by atoms with Gasteiger partial charge < -0.3 is 21.1 Å². The molecule has 9 heteroatoms. The third-order valence-corrected chi connectivity index (χ3v) is 5.86. The van der Waals surface area contributed by atoms with E-state index in [4.69, 9.17) is 10.5 Å². The molecule has 2 aromatic rings. The molecular weight excluding hydrogens is 451 g/mol. The molecule has 35 heavy (non-hydrogen) atoms. The predicted molar refractivity (Wildman–Crippen MR) is 132 cm³/mol. The van der Waals surface area contributed by atoms with E-state index in [0.717, 1.165) is 12.0 Å². The summed E-state index contributed by atoms with van der Waals surface area (Å²) < 4.78 is 20.2. The second kappa shape index (κ2) is 11.8. The highest BCUT2D eigenvalue weighted by Gasteiger charge is 2.32. The highest BCUT2D eigenvalue weighted by molar-refractivity contribution is 5.90. The third kappa shape index (κ3) is 7.26. The Labute approximate surface area is 205 Å². The van der Waals surface area contributed by atoms with Gasteiger partial charge in [0.05, 0.1) is 24.7 Å². The molecule has 8 nitrogen and oxygen atoms in total. The van der Waals surface area contributed by atoms with Crippen LogP contribution in [0.2, 0.25) is 0 Å². The number of nitrogens with zero attached hydrogens (tertiary/aromatic N) is 1. The summed E-state index contributed by atoms with van der Waals surface area (Å²) >= 11 is 0. The number of nitrogens with one attached hydrogen (secondary N) is 2. The SMILES string of the molecule is CC(=O)NC[C@H]1CN(c2ccc(-c3ccc(CNC[C@H](CC(C)C)C(N)=O)cc3)c(F)c2)C(=O)O1. The fourth-order valence-corrected chi connectivity index (χ4v) is 4.06. The molecule has 0 bridgehead atoms. The molecule has 3 amide bonds. The molecule has 2 aromatic carbocycles. The molecule has 4 N–H and O–H groups in total. The van der Waals surface area contributed by atoms with Crippen molar-refractivity contribution in [1.82, 2.24) is 10.6 Å². The van der Waals surface area contributed by atoms with Crippen molar-refractivity contribution < 1.29 is 23.5 Å². The number of carbonyl (C=O) groups excluding carboxylic acids is 3. The smallest absolute Gasteiger partial charge is 0.414 e. The van der Waals surface area contributed by atoms with E-state index in [0.29, 0.717) is 35.8 Å². The molecule has 1 fully saturated rings. The number of primary amides is 1. The molecular formula is C26H33FN4O4. The Morgan fingerprint density at radius 3 is 2.51 bits per heavy atom. The van der Waals surface area contributed by atoms with Gasteiger partial charge >= 0.3 is 6.09 Å². The number of nitrogens with two attached hydrogens (primary N) is 1. The van der Waals surface area contributed by atoms with E-state index in [1.54, 1.807) is 12.1 Å². The van der Waals surface area contributed by atoms with Gasteiger partial charge in [-0.1, -0.05) is 38.1 Å². The number of cyclic esters (lactones) is 1. The normalized spacial score (nSPS) is 16.3. The first-order valence-corrected chi connectivity index (χ1v) is 11.8. The molecule has 188 valence electrons. The summed E-state index contributed by atoms with van der Waals surface area (Å²) in [6, 6.07) is 12.1. The molecule has 2 atom stereocenters. The largest absolute Gasteiger partial charge is 0.442 e. The third-order valence-electron chi connectivity index (χ3n) is 5.86. The van der Waals surface area contributed by atoms with E-state index in [-0.39, 0.29) is 30.8 Å². The van der Waals surface area contributed by atoms with Gasteiger partial charge in [-0.05, 0) is 41.7 Å². The van der Waals surface area contributed by atoms with Crippen molar-refractivity contribution in [2.24, 2.45) is 17.6 Å². The fourth-order valence-electron chi connectivity index (χ4n) is 4.06. The number of ether oxygens (including phenoxy) is 1. The Morgan fingerprint density at radius 1 is 1.20 bits per heavy atom. The lowest BCUT2D eigenvalue weighted by molar-refractivity contribution is -0.122. The summed E-state index contributed by atoms with van der Waals surface area (Å²) in [4.78, 5) is 36.2. The number of benzene rings is 2. The van der Waals surface area contributed by atoms with Gasteiger partial charge in [-0.2, -0.15) is 0 Å². The van der Waals surface area contributed by atoms with Gasteiger partial charge in [-0.25, -0.2) is 9.18 Å². The maximum atomic E-state index is 14.9. The van der Waals surface area contributed by atoms with Crippen LogP contribution in [0.1, 0.15) is 32.8 Å². The minimum absolute atomic E-state index is 0.209. The Kier molecular flexibility index (Phi) is 8.81. The monoisotopic (exact) mass is 484 g/mol. The molecule has 1 aliphatic heterocycles. The lowest BCUT2D eigenvalue weighted by atomic mass is 9.96. The molecule has 3 rings (SSSR count). The van der Waals surface area contributed by atoms with Crippen LogP contribution in [0.4, 0.5) is 14.9 Å². The van der Waals surface area contributed by atoms with Gasteiger partial charge in [-0.15, -0.1) is 0 Å². The fraction of sp³-hybridized carbons (Fsp3) is 0.423. The van der Waals surface area contributed by atoms with Gasteiger partial charge in [-0.3, -0.25) is 14.5 Å². The van der Waals surface area contributed by atoms with Crippen molar-refractivity contribution in [2.45, 2.75) is 39.8 Å². The van der Waals surface area contributed by atoms with Crippen LogP contribution in [0.15, 0.2) is 42.5 Å². The minimum atomic E-state index is -0.573. The van der Waals surface area contributed by atoms with Gasteiger partial charge in [0.2, 0.25) is 11.8 Å². The van der Waals surface area contributed by atoms with E-state index in [9.17, 15) is 18.8 Å². The van der Waals surface area contributed by atoms with Crippen LogP contribution in [0, 0.1) is 17.7 Å². The summed E-state index contributed by atoms with van der Waals surface area (Å²) in [6.45, 7) is 7.02. The highest BCUT2D eigenvalue weighted by Crippen LogP contribution is 2.29. The highest BCUT2D eigenvalue weighted by atomic mass is 19.1.